The van der Waals surface area contributed by atoms with Crippen molar-refractivity contribution in [3.63, 3.8) is 0 Å². The molecule has 0 amide bonds. The summed E-state index contributed by atoms with van der Waals surface area (Å²) in [5.74, 6) is 2.87. The van der Waals surface area contributed by atoms with Crippen molar-refractivity contribution in [3.05, 3.63) is 11.9 Å². The summed E-state index contributed by atoms with van der Waals surface area (Å²) >= 11 is 0. The first kappa shape index (κ1) is 16.4. The average molecular weight is 314 g/mol. The van der Waals surface area contributed by atoms with Crippen LogP contribution in [0.5, 0.6) is 0 Å². The third-order valence-corrected chi connectivity index (χ3v) is 3.48. The molecule has 0 aliphatic carbocycles. The maximum absolute atomic E-state index is 12.5. The van der Waals surface area contributed by atoms with Crippen LogP contribution < -0.4 is 21.3 Å². The van der Waals surface area contributed by atoms with E-state index in [4.69, 9.17) is 5.84 Å². The van der Waals surface area contributed by atoms with Gasteiger partial charge in [0.1, 0.15) is 11.6 Å². The predicted octanol–water partition coefficient (Wildman–Crippen LogP) is -0.258. The minimum atomic E-state index is -4.74. The van der Waals surface area contributed by atoms with Crippen LogP contribution in [0.3, 0.4) is 0 Å². The Morgan fingerprint density at radius 2 is 1.90 bits per heavy atom. The van der Waals surface area contributed by atoms with E-state index >= 15 is 0 Å². The van der Waals surface area contributed by atoms with Crippen LogP contribution in [0, 0.1) is 0 Å². The standard InChI is InChI=1S/C8H13F3N6O2S/c1-13-20(18,19)3-2-14-5-4-6(17-12)16-7(15-5)8(9,10)11/h4,13H,2-3,12H2,1H3,(H2,14,15,16,17). The molecule has 0 aliphatic rings. The molecule has 0 saturated heterocycles. The van der Waals surface area contributed by atoms with Crippen molar-refractivity contribution in [1.29, 1.82) is 0 Å². The van der Waals surface area contributed by atoms with Crippen molar-refractivity contribution in [3.8, 4) is 0 Å². The van der Waals surface area contributed by atoms with E-state index in [0.717, 1.165) is 6.07 Å². The summed E-state index contributed by atoms with van der Waals surface area (Å²) in [5.41, 5.74) is 1.98. The van der Waals surface area contributed by atoms with Crippen LogP contribution in [0.2, 0.25) is 0 Å². The van der Waals surface area contributed by atoms with Gasteiger partial charge in [-0.05, 0) is 7.05 Å². The van der Waals surface area contributed by atoms with E-state index < -0.39 is 22.0 Å². The van der Waals surface area contributed by atoms with E-state index in [9.17, 15) is 21.6 Å². The molecule has 1 rings (SSSR count). The number of hydrazine groups is 1. The van der Waals surface area contributed by atoms with Crippen molar-refractivity contribution >= 4 is 21.7 Å². The van der Waals surface area contributed by atoms with E-state index in [2.05, 4.69) is 20.0 Å². The minimum absolute atomic E-state index is 0.124. The van der Waals surface area contributed by atoms with Crippen LogP contribution >= 0.6 is 0 Å². The van der Waals surface area contributed by atoms with Gasteiger partial charge in [-0.3, -0.25) is 0 Å². The zero-order chi connectivity index (χ0) is 15.4. The molecule has 0 aliphatic heterocycles. The molecule has 0 atom stereocenters. The zero-order valence-corrected chi connectivity index (χ0v) is 11.1. The second-order valence-corrected chi connectivity index (χ2v) is 5.60. The van der Waals surface area contributed by atoms with Crippen molar-refractivity contribution in [2.75, 3.05) is 30.1 Å². The third-order valence-electron chi connectivity index (χ3n) is 2.12. The van der Waals surface area contributed by atoms with Crippen molar-refractivity contribution < 1.29 is 21.6 Å². The average Bonchev–Trinajstić information content (AvgIpc) is 2.37. The Morgan fingerprint density at radius 1 is 1.30 bits per heavy atom. The molecule has 0 fully saturated rings. The van der Waals surface area contributed by atoms with Crippen LogP contribution in [0.4, 0.5) is 24.8 Å². The number of sulfonamides is 1. The van der Waals surface area contributed by atoms with E-state index in [-0.39, 0.29) is 23.9 Å². The second-order valence-electron chi connectivity index (χ2n) is 3.55. The highest BCUT2D eigenvalue weighted by Crippen LogP contribution is 2.28. The van der Waals surface area contributed by atoms with Crippen molar-refractivity contribution in [2.24, 2.45) is 5.84 Å². The first-order valence-electron chi connectivity index (χ1n) is 5.26. The van der Waals surface area contributed by atoms with Gasteiger partial charge in [0.05, 0.1) is 5.75 Å². The van der Waals surface area contributed by atoms with Gasteiger partial charge in [0, 0.05) is 12.6 Å². The summed E-state index contributed by atoms with van der Waals surface area (Å²) in [5, 5.41) is 2.46. The fraction of sp³-hybridized carbons (Fsp3) is 0.500. The molecule has 114 valence electrons. The number of nitrogens with zero attached hydrogens (tertiary/aromatic N) is 2. The van der Waals surface area contributed by atoms with Gasteiger partial charge in [-0.25, -0.2) is 29.0 Å². The number of rotatable bonds is 6. The lowest BCUT2D eigenvalue weighted by molar-refractivity contribution is -0.144. The molecule has 0 aromatic carbocycles. The molecular formula is C8H13F3N6O2S. The first-order chi connectivity index (χ1) is 9.18. The molecule has 0 bridgehead atoms. The Kier molecular flexibility index (Phi) is 5.08. The lowest BCUT2D eigenvalue weighted by atomic mass is 10.4. The number of nitrogens with one attached hydrogen (secondary N) is 3. The molecule has 1 aromatic heterocycles. The zero-order valence-electron chi connectivity index (χ0n) is 10.3. The van der Waals surface area contributed by atoms with Gasteiger partial charge in [-0.15, -0.1) is 0 Å². The quantitative estimate of drug-likeness (QED) is 0.421. The molecule has 0 radical (unpaired) electrons. The lowest BCUT2D eigenvalue weighted by Crippen LogP contribution is -2.26. The van der Waals surface area contributed by atoms with Gasteiger partial charge >= 0.3 is 6.18 Å². The summed E-state index contributed by atoms with van der Waals surface area (Å²) in [6.45, 7) is -0.124. The molecule has 0 spiro atoms. The molecular weight excluding hydrogens is 301 g/mol. The number of halogens is 3. The highest BCUT2D eigenvalue weighted by atomic mass is 32.2. The van der Waals surface area contributed by atoms with E-state index in [1.54, 1.807) is 0 Å². The molecule has 0 unspecified atom stereocenters. The van der Waals surface area contributed by atoms with E-state index in [1.165, 1.54) is 7.05 Å². The summed E-state index contributed by atoms with van der Waals surface area (Å²) in [6, 6.07) is 1.13. The van der Waals surface area contributed by atoms with Crippen LogP contribution in [-0.4, -0.2) is 37.7 Å². The number of nitrogen functional groups attached to an aromatic ring is 1. The Balaban J connectivity index is 2.85. The van der Waals surface area contributed by atoms with E-state index in [1.807, 2.05) is 5.43 Å². The van der Waals surface area contributed by atoms with Crippen LogP contribution in [-0.2, 0) is 16.2 Å². The number of hydrogen-bond acceptors (Lipinski definition) is 7. The van der Waals surface area contributed by atoms with Gasteiger partial charge in [0.25, 0.3) is 0 Å². The highest BCUT2D eigenvalue weighted by Gasteiger charge is 2.35. The highest BCUT2D eigenvalue weighted by molar-refractivity contribution is 7.89. The normalized spacial score (nSPS) is 12.2. The number of hydrogen-bond donors (Lipinski definition) is 4. The minimum Gasteiger partial charge on any atom is -0.369 e. The maximum Gasteiger partial charge on any atom is 0.451 e. The predicted molar refractivity (Wildman–Crippen MR) is 66.2 cm³/mol. The largest absolute Gasteiger partial charge is 0.451 e. The van der Waals surface area contributed by atoms with Crippen LogP contribution in [0.15, 0.2) is 6.07 Å². The van der Waals surface area contributed by atoms with Gasteiger partial charge < -0.3 is 10.7 Å². The topological polar surface area (TPSA) is 122 Å². The fourth-order valence-electron chi connectivity index (χ4n) is 1.15. The Hall–Kier alpha value is -1.66. The second kappa shape index (κ2) is 6.19. The Morgan fingerprint density at radius 3 is 2.40 bits per heavy atom. The molecule has 0 saturated carbocycles. The van der Waals surface area contributed by atoms with Crippen molar-refractivity contribution in [2.45, 2.75) is 6.18 Å². The van der Waals surface area contributed by atoms with Gasteiger partial charge in [-0.1, -0.05) is 0 Å². The number of aromatic nitrogens is 2. The third kappa shape index (κ3) is 4.79. The smallest absolute Gasteiger partial charge is 0.369 e. The van der Waals surface area contributed by atoms with Gasteiger partial charge in [-0.2, -0.15) is 13.2 Å². The number of alkyl halides is 3. The number of anilines is 2. The Bertz CT molecular complexity index is 562. The van der Waals surface area contributed by atoms with Crippen LogP contribution in [0.25, 0.3) is 0 Å². The van der Waals surface area contributed by atoms with Gasteiger partial charge in [0.2, 0.25) is 15.8 Å². The molecule has 12 heteroatoms. The van der Waals surface area contributed by atoms with Gasteiger partial charge in [0.15, 0.2) is 0 Å². The fourth-order valence-corrected chi connectivity index (χ4v) is 1.73. The van der Waals surface area contributed by atoms with E-state index in [0.29, 0.717) is 0 Å². The monoisotopic (exact) mass is 314 g/mol. The molecule has 1 heterocycles. The van der Waals surface area contributed by atoms with Crippen LogP contribution in [0.1, 0.15) is 5.82 Å². The molecule has 8 nitrogen and oxygen atoms in total. The Labute approximate surface area is 113 Å². The summed E-state index contributed by atoms with van der Waals surface area (Å²) < 4.78 is 61.9. The van der Waals surface area contributed by atoms with Crippen molar-refractivity contribution in [1.82, 2.24) is 14.7 Å². The summed E-state index contributed by atoms with van der Waals surface area (Å²) in [4.78, 5) is 6.39. The number of nitrogens with two attached hydrogens (primary N) is 1. The SMILES string of the molecule is CNS(=O)(=O)CCNc1cc(NN)nc(C(F)(F)F)n1. The summed E-state index contributed by atoms with van der Waals surface area (Å²) in [7, 11) is -2.23. The molecule has 1 aromatic rings. The lowest BCUT2D eigenvalue weighted by Gasteiger charge is -2.11. The first-order valence-corrected chi connectivity index (χ1v) is 6.91. The molecule has 20 heavy (non-hydrogen) atoms. The maximum atomic E-state index is 12.5. The molecule has 5 N–H and O–H groups in total. The summed E-state index contributed by atoms with van der Waals surface area (Å²) in [6.07, 6.45) is -4.74.